The maximum atomic E-state index is 12.4. The van der Waals surface area contributed by atoms with Crippen molar-refractivity contribution >= 4 is 17.6 Å². The molecule has 0 aliphatic carbocycles. The van der Waals surface area contributed by atoms with Gasteiger partial charge in [-0.15, -0.1) is 13.2 Å². The molecule has 0 saturated carbocycles. The molecule has 2 N–H and O–H groups in total. The molecule has 1 amide bonds. The number of hydrogen-bond donors (Lipinski definition) is 2. The van der Waals surface area contributed by atoms with E-state index in [1.54, 1.807) is 13.0 Å². The van der Waals surface area contributed by atoms with E-state index in [1.807, 2.05) is 0 Å². The van der Waals surface area contributed by atoms with Crippen LogP contribution in [-0.4, -0.2) is 40.2 Å². The number of halogens is 3. The van der Waals surface area contributed by atoms with Gasteiger partial charge in [0, 0.05) is 13.1 Å². The van der Waals surface area contributed by atoms with Crippen LogP contribution in [0.25, 0.3) is 0 Å². The van der Waals surface area contributed by atoms with E-state index in [1.165, 1.54) is 42.3 Å². The predicted molar refractivity (Wildman–Crippen MR) is 85.2 cm³/mol. The number of nitrogens with zero attached hydrogens (tertiary/aromatic N) is 2. The minimum Gasteiger partial charge on any atom is -0.477 e. The summed E-state index contributed by atoms with van der Waals surface area (Å²) >= 11 is 0. The van der Waals surface area contributed by atoms with Crippen LogP contribution in [0.15, 0.2) is 41.5 Å². The number of ether oxygens (including phenoxy) is 1. The average molecular weight is 371 g/mol. The molecule has 26 heavy (non-hydrogen) atoms. The van der Waals surface area contributed by atoms with Crippen molar-refractivity contribution in [2.45, 2.75) is 32.5 Å². The number of carbonyl (C=O) groups is 2. The largest absolute Gasteiger partial charge is 0.573 e. The van der Waals surface area contributed by atoms with Crippen LogP contribution in [-0.2, 0) is 9.59 Å². The highest BCUT2D eigenvalue weighted by molar-refractivity contribution is 6.40. The molecule has 2 atom stereocenters. The minimum atomic E-state index is -4.81. The number of carboxylic acid groups (broad SMARTS) is 1. The number of alkyl halides is 3. The molecular formula is C16H16F3N3O4. The Kier molecular flexibility index (Phi) is 5.53. The first-order valence-electron chi connectivity index (χ1n) is 7.46. The highest BCUT2D eigenvalue weighted by Gasteiger charge is 2.32. The van der Waals surface area contributed by atoms with Gasteiger partial charge in [0.25, 0.3) is 0 Å². The Hall–Kier alpha value is -3.04. The van der Waals surface area contributed by atoms with Crippen molar-refractivity contribution in [3.05, 3.63) is 42.1 Å². The fourth-order valence-corrected chi connectivity index (χ4v) is 2.38. The third-order valence-electron chi connectivity index (χ3n) is 3.52. The fraction of sp³-hybridized carbons (Fsp3) is 0.312. The zero-order valence-corrected chi connectivity index (χ0v) is 13.8. The molecule has 2 unspecified atom stereocenters. The SMILES string of the molecule is CC(=O)NC1N=C(C(=O)O)C=CN1C(C)c1cccc(OC(F)(F)F)c1. The van der Waals surface area contributed by atoms with Crippen LogP contribution in [0.1, 0.15) is 25.5 Å². The number of carboxylic acids is 1. The second kappa shape index (κ2) is 7.46. The summed E-state index contributed by atoms with van der Waals surface area (Å²) in [6, 6.07) is 4.84. The van der Waals surface area contributed by atoms with Crippen molar-refractivity contribution in [3.8, 4) is 5.75 Å². The molecule has 0 radical (unpaired) electrons. The van der Waals surface area contributed by atoms with Crippen LogP contribution in [0.3, 0.4) is 0 Å². The highest BCUT2D eigenvalue weighted by atomic mass is 19.4. The lowest BCUT2D eigenvalue weighted by Gasteiger charge is -2.35. The zero-order chi connectivity index (χ0) is 19.5. The van der Waals surface area contributed by atoms with Gasteiger partial charge in [-0.1, -0.05) is 12.1 Å². The van der Waals surface area contributed by atoms with E-state index in [0.717, 1.165) is 0 Å². The zero-order valence-electron chi connectivity index (χ0n) is 13.8. The van der Waals surface area contributed by atoms with Crippen LogP contribution in [0, 0.1) is 0 Å². The van der Waals surface area contributed by atoms with Gasteiger partial charge in [-0.3, -0.25) is 4.79 Å². The van der Waals surface area contributed by atoms with Crippen molar-refractivity contribution in [3.63, 3.8) is 0 Å². The van der Waals surface area contributed by atoms with Gasteiger partial charge in [0.2, 0.25) is 5.91 Å². The third-order valence-corrected chi connectivity index (χ3v) is 3.52. The fourth-order valence-electron chi connectivity index (χ4n) is 2.38. The van der Waals surface area contributed by atoms with Gasteiger partial charge in [-0.05, 0) is 30.7 Å². The first-order chi connectivity index (χ1) is 12.1. The molecule has 1 aliphatic heterocycles. The summed E-state index contributed by atoms with van der Waals surface area (Å²) in [6.45, 7) is 2.92. The minimum absolute atomic E-state index is 0.249. The van der Waals surface area contributed by atoms with Crippen LogP contribution < -0.4 is 10.1 Å². The summed E-state index contributed by atoms with van der Waals surface area (Å²) in [5.74, 6) is -2.08. The maximum absolute atomic E-state index is 12.4. The van der Waals surface area contributed by atoms with Crippen molar-refractivity contribution in [1.82, 2.24) is 10.2 Å². The van der Waals surface area contributed by atoms with Gasteiger partial charge in [0.15, 0.2) is 6.29 Å². The number of hydrogen-bond acceptors (Lipinski definition) is 5. The normalized spacial score (nSPS) is 18.1. The van der Waals surface area contributed by atoms with Crippen LogP contribution in [0.5, 0.6) is 5.75 Å². The molecule has 1 aromatic rings. The molecular weight excluding hydrogens is 355 g/mol. The Morgan fingerprint density at radius 2 is 2.08 bits per heavy atom. The summed E-state index contributed by atoms with van der Waals surface area (Å²) in [5.41, 5.74) is 0.210. The number of rotatable bonds is 5. The lowest BCUT2D eigenvalue weighted by Crippen LogP contribution is -2.47. The number of aliphatic imine (C=N–C) groups is 1. The van der Waals surface area contributed by atoms with Crippen molar-refractivity contribution in [2.75, 3.05) is 0 Å². The van der Waals surface area contributed by atoms with Crippen LogP contribution >= 0.6 is 0 Å². The Balaban J connectivity index is 2.28. The molecule has 140 valence electrons. The Labute approximate surface area is 146 Å². The highest BCUT2D eigenvalue weighted by Crippen LogP contribution is 2.29. The van der Waals surface area contributed by atoms with Crippen LogP contribution in [0.2, 0.25) is 0 Å². The number of aliphatic carboxylic acids is 1. The number of benzene rings is 1. The van der Waals surface area contributed by atoms with Crippen molar-refractivity contribution < 1.29 is 32.6 Å². The van der Waals surface area contributed by atoms with E-state index in [-0.39, 0.29) is 11.5 Å². The molecule has 0 spiro atoms. The molecule has 10 heteroatoms. The molecule has 0 fully saturated rings. The van der Waals surface area contributed by atoms with E-state index in [9.17, 15) is 22.8 Å². The Bertz CT molecular complexity index is 761. The molecule has 7 nitrogen and oxygen atoms in total. The lowest BCUT2D eigenvalue weighted by molar-refractivity contribution is -0.274. The molecule has 0 bridgehead atoms. The molecule has 1 aliphatic rings. The van der Waals surface area contributed by atoms with E-state index in [4.69, 9.17) is 5.11 Å². The number of nitrogens with one attached hydrogen (secondary N) is 1. The number of amides is 1. The van der Waals surface area contributed by atoms with Gasteiger partial charge in [0.1, 0.15) is 11.5 Å². The van der Waals surface area contributed by atoms with Crippen molar-refractivity contribution in [1.29, 1.82) is 0 Å². The third kappa shape index (κ3) is 4.98. The monoisotopic (exact) mass is 371 g/mol. The van der Waals surface area contributed by atoms with Crippen molar-refractivity contribution in [2.24, 2.45) is 4.99 Å². The van der Waals surface area contributed by atoms with Gasteiger partial charge in [0.05, 0.1) is 6.04 Å². The first-order valence-corrected chi connectivity index (χ1v) is 7.46. The summed E-state index contributed by atoms with van der Waals surface area (Å²) in [4.78, 5) is 27.9. The smallest absolute Gasteiger partial charge is 0.477 e. The topological polar surface area (TPSA) is 91.2 Å². The molecule has 0 saturated heterocycles. The van der Waals surface area contributed by atoms with E-state index < -0.39 is 30.6 Å². The summed E-state index contributed by atoms with van der Waals surface area (Å²) in [7, 11) is 0. The standard InChI is InChI=1S/C16H16F3N3O4/c1-9(11-4-3-5-12(8-11)26-16(17,18)19)22-7-6-13(14(24)25)21-15(22)20-10(2)23/h3-9,15H,1-2H3,(H,20,23)(H,24,25). The van der Waals surface area contributed by atoms with Gasteiger partial charge in [-0.25, -0.2) is 9.79 Å². The summed E-state index contributed by atoms with van der Waals surface area (Å²) in [6.07, 6.45) is -3.16. The van der Waals surface area contributed by atoms with Gasteiger partial charge < -0.3 is 20.1 Å². The predicted octanol–water partition coefficient (Wildman–Crippen LogP) is 2.42. The number of carbonyl (C=O) groups excluding carboxylic acids is 1. The summed E-state index contributed by atoms with van der Waals surface area (Å²) < 4.78 is 41.1. The van der Waals surface area contributed by atoms with E-state index in [2.05, 4.69) is 15.0 Å². The van der Waals surface area contributed by atoms with Gasteiger partial charge >= 0.3 is 12.3 Å². The molecule has 1 aromatic carbocycles. The van der Waals surface area contributed by atoms with Crippen LogP contribution in [0.4, 0.5) is 13.2 Å². The second-order valence-electron chi connectivity index (χ2n) is 5.45. The molecule has 2 rings (SSSR count). The Morgan fingerprint density at radius 3 is 2.65 bits per heavy atom. The maximum Gasteiger partial charge on any atom is 0.573 e. The first kappa shape index (κ1) is 19.3. The molecule has 1 heterocycles. The summed E-state index contributed by atoms with van der Waals surface area (Å²) in [5, 5.41) is 11.5. The quantitative estimate of drug-likeness (QED) is 0.830. The Morgan fingerprint density at radius 1 is 1.38 bits per heavy atom. The molecule has 0 aromatic heterocycles. The van der Waals surface area contributed by atoms with E-state index in [0.29, 0.717) is 5.56 Å². The van der Waals surface area contributed by atoms with Gasteiger partial charge in [-0.2, -0.15) is 0 Å². The average Bonchev–Trinajstić information content (AvgIpc) is 2.52. The van der Waals surface area contributed by atoms with E-state index >= 15 is 0 Å². The second-order valence-corrected chi connectivity index (χ2v) is 5.45. The lowest BCUT2D eigenvalue weighted by atomic mass is 10.1.